The van der Waals surface area contributed by atoms with Crippen molar-refractivity contribution >= 4 is 0 Å². The molecule has 56 valence electrons. The number of hydrogen-bond acceptors (Lipinski definition) is 0. The van der Waals surface area contributed by atoms with E-state index in [-0.39, 0.29) is 7.43 Å². The monoisotopic (exact) mass is 128 g/mol. The average molecular weight is 128 g/mol. The van der Waals surface area contributed by atoms with Crippen molar-refractivity contribution in [2.75, 3.05) is 0 Å². The smallest absolute Gasteiger partial charge is 0.0440 e. The molecule has 1 aliphatic carbocycles. The maximum absolute atomic E-state index is 2.37. The van der Waals surface area contributed by atoms with Crippen molar-refractivity contribution in [3.8, 4) is 0 Å². The molecule has 0 heterocycles. The SMILES string of the molecule is C.CC1CCC[C@@H](C)C1. The van der Waals surface area contributed by atoms with Gasteiger partial charge in [0.1, 0.15) is 0 Å². The molecule has 0 spiro atoms. The summed E-state index contributed by atoms with van der Waals surface area (Å²) in [6.07, 6.45) is 5.90. The Morgan fingerprint density at radius 1 is 1.00 bits per heavy atom. The van der Waals surface area contributed by atoms with Gasteiger partial charge in [-0.3, -0.25) is 0 Å². The van der Waals surface area contributed by atoms with Crippen LogP contribution < -0.4 is 0 Å². The molecule has 0 saturated heterocycles. The largest absolute Gasteiger partial charge is 0.0776 e. The first kappa shape index (κ1) is 9.00. The van der Waals surface area contributed by atoms with Crippen LogP contribution in [0.15, 0.2) is 0 Å². The molecule has 1 unspecified atom stereocenters. The van der Waals surface area contributed by atoms with Crippen LogP contribution in [0.25, 0.3) is 0 Å². The van der Waals surface area contributed by atoms with Gasteiger partial charge >= 0.3 is 0 Å². The van der Waals surface area contributed by atoms with E-state index in [2.05, 4.69) is 13.8 Å². The molecular weight excluding hydrogens is 108 g/mol. The Morgan fingerprint density at radius 2 is 1.44 bits per heavy atom. The maximum atomic E-state index is 2.37. The van der Waals surface area contributed by atoms with Gasteiger partial charge in [-0.1, -0.05) is 40.5 Å². The van der Waals surface area contributed by atoms with Gasteiger partial charge in [0, 0.05) is 0 Å². The molecule has 9 heavy (non-hydrogen) atoms. The molecule has 0 amide bonds. The van der Waals surface area contributed by atoms with E-state index in [1.165, 1.54) is 25.7 Å². The Hall–Kier alpha value is 0. The van der Waals surface area contributed by atoms with E-state index in [0.29, 0.717) is 0 Å². The van der Waals surface area contributed by atoms with Gasteiger partial charge in [0.25, 0.3) is 0 Å². The summed E-state index contributed by atoms with van der Waals surface area (Å²) in [7, 11) is 0. The molecule has 2 atom stereocenters. The van der Waals surface area contributed by atoms with E-state index >= 15 is 0 Å². The lowest BCUT2D eigenvalue weighted by molar-refractivity contribution is 0.301. The first-order valence-corrected chi connectivity index (χ1v) is 3.79. The minimum absolute atomic E-state index is 0. The van der Waals surface area contributed by atoms with Gasteiger partial charge in [-0.15, -0.1) is 0 Å². The first-order valence-electron chi connectivity index (χ1n) is 3.79. The molecule has 1 aliphatic rings. The second kappa shape index (κ2) is 3.92. The molecular formula is C9H20. The summed E-state index contributed by atoms with van der Waals surface area (Å²) < 4.78 is 0. The minimum Gasteiger partial charge on any atom is -0.0776 e. The summed E-state index contributed by atoms with van der Waals surface area (Å²) in [6.45, 7) is 4.74. The minimum atomic E-state index is 0. The van der Waals surface area contributed by atoms with Gasteiger partial charge in [-0.2, -0.15) is 0 Å². The summed E-state index contributed by atoms with van der Waals surface area (Å²) in [6, 6.07) is 0. The number of hydrogen-bond donors (Lipinski definition) is 0. The van der Waals surface area contributed by atoms with Crippen LogP contribution in [0.1, 0.15) is 47.0 Å². The molecule has 1 fully saturated rings. The van der Waals surface area contributed by atoms with Crippen LogP contribution in [0.4, 0.5) is 0 Å². The molecule has 0 N–H and O–H groups in total. The highest BCUT2D eigenvalue weighted by Crippen LogP contribution is 2.27. The average Bonchev–Trinajstić information content (AvgIpc) is 1.64. The predicted molar refractivity (Wildman–Crippen MR) is 43.5 cm³/mol. The first-order chi connectivity index (χ1) is 3.79. The van der Waals surface area contributed by atoms with Crippen LogP contribution in [0.2, 0.25) is 0 Å². The fourth-order valence-electron chi connectivity index (χ4n) is 1.74. The standard InChI is InChI=1S/C8H16.CH4/c1-7-4-3-5-8(2)6-7;/h7-8H,3-6H2,1-2H3;1H4/t7-,8?;/m1./s1. The molecule has 0 aliphatic heterocycles. The zero-order valence-corrected chi connectivity index (χ0v) is 5.98. The quantitative estimate of drug-likeness (QED) is 0.468. The Bertz CT molecular complexity index is 58.4. The third-order valence-electron chi connectivity index (χ3n) is 2.20. The summed E-state index contributed by atoms with van der Waals surface area (Å²) in [4.78, 5) is 0. The van der Waals surface area contributed by atoms with Crippen molar-refractivity contribution in [3.05, 3.63) is 0 Å². The topological polar surface area (TPSA) is 0 Å². The van der Waals surface area contributed by atoms with Gasteiger partial charge in [0.2, 0.25) is 0 Å². The number of rotatable bonds is 0. The van der Waals surface area contributed by atoms with Gasteiger partial charge in [-0.25, -0.2) is 0 Å². The summed E-state index contributed by atoms with van der Waals surface area (Å²) in [5.41, 5.74) is 0. The predicted octanol–water partition coefficient (Wildman–Crippen LogP) is 3.47. The molecule has 0 nitrogen and oxygen atoms in total. The zero-order chi connectivity index (χ0) is 5.98. The Kier molecular flexibility index (Phi) is 3.92. The van der Waals surface area contributed by atoms with Gasteiger partial charge in [-0.05, 0) is 18.3 Å². The molecule has 0 bridgehead atoms. The van der Waals surface area contributed by atoms with E-state index < -0.39 is 0 Å². The van der Waals surface area contributed by atoms with Crippen LogP contribution in [0.3, 0.4) is 0 Å². The van der Waals surface area contributed by atoms with Gasteiger partial charge in [0.15, 0.2) is 0 Å². The lowest BCUT2D eigenvalue weighted by Gasteiger charge is -2.22. The van der Waals surface area contributed by atoms with Crippen molar-refractivity contribution in [1.82, 2.24) is 0 Å². The summed E-state index contributed by atoms with van der Waals surface area (Å²) in [5.74, 6) is 2.03. The van der Waals surface area contributed by atoms with Crippen molar-refractivity contribution in [1.29, 1.82) is 0 Å². The third kappa shape index (κ3) is 2.88. The fourth-order valence-corrected chi connectivity index (χ4v) is 1.74. The maximum Gasteiger partial charge on any atom is -0.0440 e. The molecule has 1 saturated carbocycles. The van der Waals surface area contributed by atoms with Crippen molar-refractivity contribution in [2.45, 2.75) is 47.0 Å². The molecule has 1 rings (SSSR count). The van der Waals surface area contributed by atoms with Crippen LogP contribution in [0.5, 0.6) is 0 Å². The van der Waals surface area contributed by atoms with E-state index in [9.17, 15) is 0 Å². The lowest BCUT2D eigenvalue weighted by atomic mass is 9.84. The highest BCUT2D eigenvalue weighted by Gasteiger charge is 2.13. The highest BCUT2D eigenvalue weighted by atomic mass is 14.2. The van der Waals surface area contributed by atoms with Crippen molar-refractivity contribution < 1.29 is 0 Å². The van der Waals surface area contributed by atoms with E-state index in [0.717, 1.165) is 11.8 Å². The Balaban J connectivity index is 0.000000640. The van der Waals surface area contributed by atoms with Crippen LogP contribution in [-0.4, -0.2) is 0 Å². The second-order valence-corrected chi connectivity index (χ2v) is 3.38. The molecule has 0 aromatic heterocycles. The fraction of sp³-hybridized carbons (Fsp3) is 1.00. The van der Waals surface area contributed by atoms with Crippen LogP contribution in [-0.2, 0) is 0 Å². The molecule has 0 radical (unpaired) electrons. The molecule has 0 aromatic rings. The Labute approximate surface area is 59.7 Å². The Morgan fingerprint density at radius 3 is 1.67 bits per heavy atom. The van der Waals surface area contributed by atoms with Crippen molar-refractivity contribution in [2.24, 2.45) is 11.8 Å². The summed E-state index contributed by atoms with van der Waals surface area (Å²) in [5, 5.41) is 0. The van der Waals surface area contributed by atoms with Gasteiger partial charge < -0.3 is 0 Å². The molecule has 0 aromatic carbocycles. The summed E-state index contributed by atoms with van der Waals surface area (Å²) >= 11 is 0. The van der Waals surface area contributed by atoms with E-state index in [4.69, 9.17) is 0 Å². The zero-order valence-electron chi connectivity index (χ0n) is 5.98. The highest BCUT2D eigenvalue weighted by molar-refractivity contribution is 4.66. The lowest BCUT2D eigenvalue weighted by Crippen LogP contribution is -2.09. The van der Waals surface area contributed by atoms with E-state index in [1.54, 1.807) is 0 Å². The molecule has 0 heteroatoms. The second-order valence-electron chi connectivity index (χ2n) is 3.38. The third-order valence-corrected chi connectivity index (χ3v) is 2.20. The van der Waals surface area contributed by atoms with Crippen LogP contribution in [0, 0.1) is 11.8 Å². The normalized spacial score (nSPS) is 35.3. The van der Waals surface area contributed by atoms with Gasteiger partial charge in [0.05, 0.1) is 0 Å². The van der Waals surface area contributed by atoms with Crippen molar-refractivity contribution in [3.63, 3.8) is 0 Å². The van der Waals surface area contributed by atoms with Crippen LogP contribution >= 0.6 is 0 Å². The van der Waals surface area contributed by atoms with E-state index in [1.807, 2.05) is 0 Å².